The number of hydrogen-bond acceptors (Lipinski definition) is 1. The molecule has 0 radical (unpaired) electrons. The second-order valence-electron chi connectivity index (χ2n) is 25.7. The molecular formula is C81H69N. The number of hydrogen-bond donors (Lipinski definition) is 0. The Balaban J connectivity index is 0.833. The highest BCUT2D eigenvalue weighted by atomic mass is 15.1. The molecule has 0 saturated carbocycles. The Kier molecular flexibility index (Phi) is 11.4. The fourth-order valence-corrected chi connectivity index (χ4v) is 15.5. The Morgan fingerprint density at radius 2 is 0.671 bits per heavy atom. The maximum atomic E-state index is 2.55. The maximum absolute atomic E-state index is 2.55. The first-order chi connectivity index (χ1) is 39.8. The lowest BCUT2D eigenvalue weighted by molar-refractivity contribution is 0.408. The van der Waals surface area contributed by atoms with Gasteiger partial charge < -0.3 is 4.90 Å². The maximum Gasteiger partial charge on any atom is 0.0725 e. The quantitative estimate of drug-likeness (QED) is 0.132. The molecule has 4 aliphatic rings. The minimum absolute atomic E-state index is 0.125. The SMILES string of the molecule is CC(C)CC(c1ccc(-c2ccc3c(c2)C2(c4ccccc4-3)c3ccccc3-c3ccc(-c4ccc5c(c4)C(C)(C)c4ccc(N(c6ccc(-c7ccccc7)cc6)c6ccc7c(c6)C(C)(C)c6ccccc6-7)cc4-5)cc32)cc1)C(C)C. The van der Waals surface area contributed by atoms with Crippen LogP contribution in [0.2, 0.25) is 0 Å². The summed E-state index contributed by atoms with van der Waals surface area (Å²) in [4.78, 5) is 2.47. The van der Waals surface area contributed by atoms with Crippen molar-refractivity contribution in [3.63, 3.8) is 0 Å². The zero-order valence-corrected chi connectivity index (χ0v) is 48.5. The van der Waals surface area contributed by atoms with Gasteiger partial charge in [-0.2, -0.15) is 0 Å². The largest absolute Gasteiger partial charge is 0.310 e. The van der Waals surface area contributed by atoms with Crippen LogP contribution in [0, 0.1) is 11.8 Å². The van der Waals surface area contributed by atoms with Crippen molar-refractivity contribution in [3.8, 4) is 77.9 Å². The molecule has 0 fully saturated rings. The van der Waals surface area contributed by atoms with Gasteiger partial charge in [-0.3, -0.25) is 0 Å². The lowest BCUT2D eigenvalue weighted by Crippen LogP contribution is -2.26. The fraction of sp³-hybridized carbons (Fsp3) is 0.185. The number of benzene rings is 11. The number of rotatable bonds is 10. The van der Waals surface area contributed by atoms with Crippen molar-refractivity contribution in [1.82, 2.24) is 0 Å². The van der Waals surface area contributed by atoms with Gasteiger partial charge in [0.25, 0.3) is 0 Å². The minimum atomic E-state index is -0.473. The first kappa shape index (κ1) is 50.2. The van der Waals surface area contributed by atoms with Crippen LogP contribution in [-0.2, 0) is 16.2 Å². The second-order valence-corrected chi connectivity index (χ2v) is 25.7. The molecule has 398 valence electrons. The van der Waals surface area contributed by atoms with Crippen molar-refractivity contribution in [2.24, 2.45) is 11.8 Å². The van der Waals surface area contributed by atoms with Crippen molar-refractivity contribution in [1.29, 1.82) is 0 Å². The van der Waals surface area contributed by atoms with Crippen LogP contribution in [0.25, 0.3) is 77.9 Å². The van der Waals surface area contributed by atoms with Gasteiger partial charge in [0, 0.05) is 27.9 Å². The molecule has 2 unspecified atom stereocenters. The summed E-state index contributed by atoms with van der Waals surface area (Å²) in [6.07, 6.45) is 1.20. The molecule has 82 heavy (non-hydrogen) atoms. The van der Waals surface area contributed by atoms with E-state index < -0.39 is 5.41 Å². The molecule has 0 bridgehead atoms. The highest BCUT2D eigenvalue weighted by molar-refractivity contribution is 5.98. The minimum Gasteiger partial charge on any atom is -0.310 e. The Hall–Kier alpha value is -8.78. The molecule has 0 heterocycles. The van der Waals surface area contributed by atoms with E-state index in [9.17, 15) is 0 Å². The summed E-state index contributed by atoms with van der Waals surface area (Å²) in [6.45, 7) is 19.0. The van der Waals surface area contributed by atoms with Gasteiger partial charge in [0.2, 0.25) is 0 Å². The first-order valence-electron chi connectivity index (χ1n) is 29.9. The Morgan fingerprint density at radius 1 is 0.293 bits per heavy atom. The molecule has 1 spiro atoms. The predicted octanol–water partition coefficient (Wildman–Crippen LogP) is 21.9. The van der Waals surface area contributed by atoms with Gasteiger partial charge in [-0.15, -0.1) is 0 Å². The van der Waals surface area contributed by atoms with Crippen LogP contribution in [-0.4, -0.2) is 0 Å². The van der Waals surface area contributed by atoms with Gasteiger partial charge >= 0.3 is 0 Å². The van der Waals surface area contributed by atoms with Gasteiger partial charge in [-0.05, 0) is 207 Å². The summed E-state index contributed by atoms with van der Waals surface area (Å²) in [5.41, 5.74) is 33.0. The molecule has 1 nitrogen and oxygen atoms in total. The third-order valence-corrected chi connectivity index (χ3v) is 19.6. The highest BCUT2D eigenvalue weighted by Crippen LogP contribution is 2.64. The molecule has 1 heteroatoms. The van der Waals surface area contributed by atoms with Gasteiger partial charge in [-0.25, -0.2) is 0 Å². The molecule has 0 aliphatic heterocycles. The summed E-state index contributed by atoms with van der Waals surface area (Å²) in [5.74, 6) is 1.79. The predicted molar refractivity (Wildman–Crippen MR) is 346 cm³/mol. The monoisotopic (exact) mass is 1060 g/mol. The highest BCUT2D eigenvalue weighted by Gasteiger charge is 2.52. The average molecular weight is 1060 g/mol. The Bertz CT molecular complexity index is 4350. The molecule has 15 rings (SSSR count). The van der Waals surface area contributed by atoms with E-state index in [1.807, 2.05) is 0 Å². The van der Waals surface area contributed by atoms with Crippen molar-refractivity contribution >= 4 is 17.1 Å². The zero-order chi connectivity index (χ0) is 55.8. The molecule has 2 atom stereocenters. The summed E-state index contributed by atoms with van der Waals surface area (Å²) >= 11 is 0. The molecule has 0 amide bonds. The molecule has 0 saturated heterocycles. The number of fused-ring (bicyclic) bond motifs is 16. The molecule has 11 aromatic carbocycles. The van der Waals surface area contributed by atoms with Gasteiger partial charge in [0.05, 0.1) is 5.41 Å². The second kappa shape index (κ2) is 18.6. The number of nitrogens with zero attached hydrogens (tertiary/aromatic N) is 1. The summed E-state index contributed by atoms with van der Waals surface area (Å²) in [7, 11) is 0. The lowest BCUT2D eigenvalue weighted by atomic mass is 9.70. The van der Waals surface area contributed by atoms with E-state index in [2.05, 4.69) is 303 Å². The van der Waals surface area contributed by atoms with Gasteiger partial charge in [-0.1, -0.05) is 243 Å². The van der Waals surface area contributed by atoms with Crippen molar-refractivity contribution in [3.05, 3.63) is 293 Å². The standard InChI is InChI=1S/C81H69N/c1-50(2)44-69(51(3)4)55-28-26-54(27-29-55)56-32-39-66-63-21-13-16-24-73(63)81(77(66)46-56)74-25-17-14-22-64(74)67-40-33-58(47-78(67)81)57-34-41-68-70-48-60(38-43-72(70)80(7,8)75(68)45-57)82(59-35-30-53(31-36-59)52-18-10-9-11-19-52)61-37-42-65-62-20-12-15-23-71(62)79(5,6)76(65)49-61/h9-43,45-51,69H,44H2,1-8H3. The third-order valence-electron chi connectivity index (χ3n) is 19.6. The van der Waals surface area contributed by atoms with E-state index in [1.165, 1.54) is 134 Å². The lowest BCUT2D eigenvalue weighted by Gasteiger charge is -2.31. The van der Waals surface area contributed by atoms with Crippen LogP contribution in [0.3, 0.4) is 0 Å². The van der Waals surface area contributed by atoms with Crippen molar-refractivity contribution in [2.75, 3.05) is 4.90 Å². The van der Waals surface area contributed by atoms with E-state index in [0.717, 1.165) is 17.1 Å². The molecular weight excluding hydrogens is 987 g/mol. The van der Waals surface area contributed by atoms with Crippen LogP contribution in [0.1, 0.15) is 118 Å². The van der Waals surface area contributed by atoms with E-state index in [0.29, 0.717) is 17.8 Å². The average Bonchev–Trinajstić information content (AvgIpc) is 3.99. The first-order valence-corrected chi connectivity index (χ1v) is 29.9. The Labute approximate surface area is 485 Å². The van der Waals surface area contributed by atoms with E-state index in [-0.39, 0.29) is 10.8 Å². The van der Waals surface area contributed by atoms with Gasteiger partial charge in [0.1, 0.15) is 0 Å². The summed E-state index contributed by atoms with van der Waals surface area (Å²) < 4.78 is 0. The van der Waals surface area contributed by atoms with Crippen LogP contribution < -0.4 is 4.90 Å². The fourth-order valence-electron chi connectivity index (χ4n) is 15.5. The van der Waals surface area contributed by atoms with E-state index >= 15 is 0 Å². The Morgan fingerprint density at radius 3 is 1.26 bits per heavy atom. The number of anilines is 3. The van der Waals surface area contributed by atoms with Crippen LogP contribution in [0.5, 0.6) is 0 Å². The van der Waals surface area contributed by atoms with Crippen LogP contribution in [0.4, 0.5) is 17.1 Å². The van der Waals surface area contributed by atoms with Gasteiger partial charge in [0.15, 0.2) is 0 Å². The topological polar surface area (TPSA) is 3.24 Å². The smallest absolute Gasteiger partial charge is 0.0725 e. The van der Waals surface area contributed by atoms with Crippen molar-refractivity contribution in [2.45, 2.75) is 84.0 Å². The summed E-state index contributed by atoms with van der Waals surface area (Å²) in [5, 5.41) is 0. The molecule has 0 N–H and O–H groups in total. The third kappa shape index (κ3) is 7.44. The molecule has 11 aromatic rings. The van der Waals surface area contributed by atoms with E-state index in [4.69, 9.17) is 0 Å². The van der Waals surface area contributed by atoms with Crippen LogP contribution >= 0.6 is 0 Å². The van der Waals surface area contributed by atoms with E-state index in [1.54, 1.807) is 0 Å². The van der Waals surface area contributed by atoms with Crippen LogP contribution in [0.15, 0.2) is 243 Å². The molecule has 4 aliphatic carbocycles. The molecule has 0 aromatic heterocycles. The summed E-state index contributed by atoms with van der Waals surface area (Å²) in [6, 6.07) is 93.1. The zero-order valence-electron chi connectivity index (χ0n) is 48.5. The van der Waals surface area contributed by atoms with Crippen molar-refractivity contribution < 1.29 is 0 Å². The normalized spacial score (nSPS) is 16.3.